The van der Waals surface area contributed by atoms with Gasteiger partial charge in [0.15, 0.2) is 0 Å². The maximum absolute atomic E-state index is 5.39. The molecule has 108 valence electrons. The molecule has 0 atom stereocenters. The minimum absolute atomic E-state index is 0.248. The van der Waals surface area contributed by atoms with Crippen LogP contribution in [0.3, 0.4) is 0 Å². The molecule has 7 heteroatoms. The molecule has 0 saturated heterocycles. The van der Waals surface area contributed by atoms with Crippen LogP contribution in [0.2, 0.25) is 0 Å². The minimum Gasteiger partial charge on any atom is -0.387 e. The summed E-state index contributed by atoms with van der Waals surface area (Å²) < 4.78 is 6.95. The van der Waals surface area contributed by atoms with E-state index in [1.165, 1.54) is 0 Å². The van der Waals surface area contributed by atoms with Crippen molar-refractivity contribution in [3.05, 3.63) is 23.8 Å². The molecular weight excluding hydrogens is 256 g/mol. The molecule has 2 rings (SSSR count). The van der Waals surface area contributed by atoms with Gasteiger partial charge in [-0.2, -0.15) is 9.97 Å². The van der Waals surface area contributed by atoms with E-state index < -0.39 is 0 Å². The largest absolute Gasteiger partial charge is 0.387 e. The lowest BCUT2D eigenvalue weighted by molar-refractivity contribution is 0.402. The predicted octanol–water partition coefficient (Wildman–Crippen LogP) is 1.45. The van der Waals surface area contributed by atoms with Gasteiger partial charge in [-0.15, -0.1) is 5.10 Å². The van der Waals surface area contributed by atoms with Crippen molar-refractivity contribution in [2.45, 2.75) is 27.3 Å². The van der Waals surface area contributed by atoms with Crippen molar-refractivity contribution in [3.63, 3.8) is 0 Å². The van der Waals surface area contributed by atoms with E-state index in [-0.39, 0.29) is 12.0 Å². The quantitative estimate of drug-likeness (QED) is 0.860. The van der Waals surface area contributed by atoms with Gasteiger partial charge in [0.05, 0.1) is 0 Å². The second kappa shape index (κ2) is 6.42. The summed E-state index contributed by atoms with van der Waals surface area (Å²) in [7, 11) is 1.77. The third-order valence-corrected chi connectivity index (χ3v) is 2.69. The van der Waals surface area contributed by atoms with E-state index in [1.807, 2.05) is 6.92 Å². The molecule has 0 bridgehead atoms. The van der Waals surface area contributed by atoms with Gasteiger partial charge in [-0.25, -0.2) is 4.98 Å². The third kappa shape index (κ3) is 3.99. The van der Waals surface area contributed by atoms with Crippen molar-refractivity contribution in [1.82, 2.24) is 30.0 Å². The Balaban J connectivity index is 1.98. The molecule has 2 aromatic rings. The molecule has 0 aliphatic carbocycles. The van der Waals surface area contributed by atoms with Crippen LogP contribution < -0.4 is 10.1 Å². The third-order valence-electron chi connectivity index (χ3n) is 2.69. The first-order chi connectivity index (χ1) is 9.54. The van der Waals surface area contributed by atoms with E-state index in [9.17, 15) is 0 Å². The average molecular weight is 276 g/mol. The van der Waals surface area contributed by atoms with Crippen LogP contribution in [-0.4, -0.2) is 31.3 Å². The molecule has 0 aliphatic rings. The fourth-order valence-electron chi connectivity index (χ4n) is 1.64. The molecule has 0 aliphatic heterocycles. The van der Waals surface area contributed by atoms with Gasteiger partial charge in [-0.1, -0.05) is 13.8 Å². The van der Waals surface area contributed by atoms with Crippen molar-refractivity contribution < 1.29 is 4.74 Å². The van der Waals surface area contributed by atoms with Crippen LogP contribution in [0.4, 0.5) is 0 Å². The number of hydrogen-bond acceptors (Lipinski definition) is 6. The fourth-order valence-corrected chi connectivity index (χ4v) is 1.64. The van der Waals surface area contributed by atoms with Gasteiger partial charge in [0.25, 0.3) is 0 Å². The van der Waals surface area contributed by atoms with Gasteiger partial charge >= 0.3 is 12.0 Å². The summed E-state index contributed by atoms with van der Waals surface area (Å²) in [6, 6.07) is 0.513. The number of hydrogen-bond donors (Lipinski definition) is 1. The molecule has 0 fully saturated rings. The van der Waals surface area contributed by atoms with Crippen molar-refractivity contribution in [1.29, 1.82) is 0 Å². The lowest BCUT2D eigenvalue weighted by Crippen LogP contribution is -2.20. The van der Waals surface area contributed by atoms with Gasteiger partial charge in [0, 0.05) is 31.0 Å². The van der Waals surface area contributed by atoms with Crippen molar-refractivity contribution in [3.8, 4) is 12.0 Å². The molecule has 0 radical (unpaired) electrons. The Morgan fingerprint density at radius 3 is 2.70 bits per heavy atom. The molecular formula is C13H20N6O. The number of aryl methyl sites for hydroxylation is 2. The first-order valence-corrected chi connectivity index (χ1v) is 6.61. The van der Waals surface area contributed by atoms with E-state index in [4.69, 9.17) is 4.74 Å². The standard InChI is InChI=1S/C13H20N6O/c1-9(2)5-14-6-11-7-15-12(17-10(11)3)20-13-16-8-19(4)18-13/h7-9,14H,5-6H2,1-4H3. The summed E-state index contributed by atoms with van der Waals surface area (Å²) >= 11 is 0. The number of rotatable bonds is 6. The summed E-state index contributed by atoms with van der Waals surface area (Å²) in [6.07, 6.45) is 3.33. The van der Waals surface area contributed by atoms with E-state index in [1.54, 1.807) is 24.3 Å². The minimum atomic E-state index is 0.248. The highest BCUT2D eigenvalue weighted by Crippen LogP contribution is 2.13. The maximum Gasteiger partial charge on any atom is 0.343 e. The Bertz CT molecular complexity index is 566. The maximum atomic E-state index is 5.39. The summed E-state index contributed by atoms with van der Waals surface area (Å²) in [5, 5.41) is 7.38. The van der Waals surface area contributed by atoms with Gasteiger partial charge in [-0.3, -0.25) is 4.68 Å². The number of nitrogens with zero attached hydrogens (tertiary/aromatic N) is 5. The van der Waals surface area contributed by atoms with E-state index in [2.05, 4.69) is 39.2 Å². The highest BCUT2D eigenvalue weighted by molar-refractivity contribution is 5.18. The number of ether oxygens (including phenoxy) is 1. The van der Waals surface area contributed by atoms with Crippen LogP contribution in [0.15, 0.2) is 12.5 Å². The molecule has 7 nitrogen and oxygen atoms in total. The number of aromatic nitrogens is 5. The zero-order valence-corrected chi connectivity index (χ0v) is 12.3. The normalized spacial score (nSPS) is 11.1. The molecule has 0 spiro atoms. The highest BCUT2D eigenvalue weighted by atomic mass is 16.5. The van der Waals surface area contributed by atoms with Crippen LogP contribution in [0.1, 0.15) is 25.1 Å². The van der Waals surface area contributed by atoms with Crippen molar-refractivity contribution >= 4 is 0 Å². The van der Waals surface area contributed by atoms with Gasteiger partial charge in [0.1, 0.15) is 6.33 Å². The van der Waals surface area contributed by atoms with Crippen molar-refractivity contribution in [2.24, 2.45) is 13.0 Å². The summed E-state index contributed by atoms with van der Waals surface area (Å²) in [5.74, 6) is 0.620. The molecule has 2 heterocycles. The summed E-state index contributed by atoms with van der Waals surface area (Å²) in [5.41, 5.74) is 1.95. The topological polar surface area (TPSA) is 77.8 Å². The highest BCUT2D eigenvalue weighted by Gasteiger charge is 2.08. The summed E-state index contributed by atoms with van der Waals surface area (Å²) in [6.45, 7) is 8.01. The monoisotopic (exact) mass is 276 g/mol. The van der Waals surface area contributed by atoms with Gasteiger partial charge in [-0.05, 0) is 19.4 Å². The van der Waals surface area contributed by atoms with Crippen LogP contribution in [0.25, 0.3) is 0 Å². The molecule has 0 amide bonds. The van der Waals surface area contributed by atoms with Gasteiger partial charge < -0.3 is 10.1 Å². The van der Waals surface area contributed by atoms with Crippen LogP contribution in [0, 0.1) is 12.8 Å². The number of nitrogens with one attached hydrogen (secondary N) is 1. The Labute approximate surface area is 118 Å². The molecule has 20 heavy (non-hydrogen) atoms. The Hall–Kier alpha value is -2.02. The fraction of sp³-hybridized carbons (Fsp3) is 0.538. The van der Waals surface area contributed by atoms with Crippen molar-refractivity contribution in [2.75, 3.05) is 6.54 Å². The van der Waals surface area contributed by atoms with E-state index in [0.29, 0.717) is 5.92 Å². The van der Waals surface area contributed by atoms with E-state index in [0.717, 1.165) is 24.3 Å². The van der Waals surface area contributed by atoms with Crippen LogP contribution in [0.5, 0.6) is 12.0 Å². The first kappa shape index (κ1) is 14.4. The molecule has 0 aromatic carbocycles. The molecule has 0 saturated carbocycles. The molecule has 2 aromatic heterocycles. The predicted molar refractivity (Wildman–Crippen MR) is 74.4 cm³/mol. The summed E-state index contributed by atoms with van der Waals surface area (Å²) in [4.78, 5) is 12.5. The van der Waals surface area contributed by atoms with Gasteiger partial charge in [0.2, 0.25) is 0 Å². The zero-order chi connectivity index (χ0) is 14.5. The lowest BCUT2D eigenvalue weighted by atomic mass is 10.2. The second-order valence-corrected chi connectivity index (χ2v) is 5.09. The molecule has 0 unspecified atom stereocenters. The lowest BCUT2D eigenvalue weighted by Gasteiger charge is -2.09. The zero-order valence-electron chi connectivity index (χ0n) is 12.3. The Kier molecular flexibility index (Phi) is 4.62. The van der Waals surface area contributed by atoms with Crippen LogP contribution in [-0.2, 0) is 13.6 Å². The first-order valence-electron chi connectivity index (χ1n) is 6.61. The molecule has 1 N–H and O–H groups in total. The second-order valence-electron chi connectivity index (χ2n) is 5.09. The Morgan fingerprint density at radius 2 is 2.10 bits per heavy atom. The average Bonchev–Trinajstić information content (AvgIpc) is 2.77. The van der Waals surface area contributed by atoms with Crippen LogP contribution >= 0.6 is 0 Å². The Morgan fingerprint density at radius 1 is 1.30 bits per heavy atom. The van der Waals surface area contributed by atoms with E-state index >= 15 is 0 Å². The SMILES string of the molecule is Cc1nc(Oc2ncn(C)n2)ncc1CNCC(C)C. The smallest absolute Gasteiger partial charge is 0.343 e.